The van der Waals surface area contributed by atoms with E-state index in [0.717, 1.165) is 10.6 Å². The molecule has 0 unspecified atom stereocenters. The van der Waals surface area contributed by atoms with Gasteiger partial charge in [0.05, 0.1) is 11.6 Å². The summed E-state index contributed by atoms with van der Waals surface area (Å²) in [7, 11) is 0. The second-order valence-electron chi connectivity index (χ2n) is 6.17. The molecule has 1 aromatic carbocycles. The molecule has 4 atom stereocenters. The predicted octanol–water partition coefficient (Wildman–Crippen LogP) is 1.91. The van der Waals surface area contributed by atoms with E-state index in [1.807, 2.05) is 0 Å². The Kier molecular flexibility index (Phi) is 4.18. The Morgan fingerprint density at radius 2 is 1.88 bits per heavy atom. The molecule has 3 rings (SSSR count). The van der Waals surface area contributed by atoms with Crippen molar-refractivity contribution in [2.45, 2.75) is 51.4 Å². The van der Waals surface area contributed by atoms with Crippen molar-refractivity contribution < 1.29 is 28.1 Å². The minimum Gasteiger partial charge on any atom is -0.388 e. The molecule has 0 saturated carbocycles. The lowest BCUT2D eigenvalue weighted by molar-refractivity contribution is -0.0287. The van der Waals surface area contributed by atoms with Gasteiger partial charge in [0.25, 0.3) is 0 Å². The van der Waals surface area contributed by atoms with E-state index in [9.17, 15) is 23.4 Å². The zero-order chi connectivity index (χ0) is 17.8. The Labute approximate surface area is 135 Å². The van der Waals surface area contributed by atoms with Crippen LogP contribution >= 0.6 is 0 Å². The molecular formula is C15H18F3N3O3. The highest BCUT2D eigenvalue weighted by Gasteiger charge is 2.43. The third-order valence-corrected chi connectivity index (χ3v) is 3.96. The van der Waals surface area contributed by atoms with Gasteiger partial charge in [-0.2, -0.15) is 0 Å². The maximum Gasteiger partial charge on any atom is 0.206 e. The van der Waals surface area contributed by atoms with Gasteiger partial charge in [0.2, 0.25) is 5.95 Å². The second-order valence-corrected chi connectivity index (χ2v) is 6.17. The molecular weight excluding hydrogens is 327 g/mol. The van der Waals surface area contributed by atoms with E-state index in [2.05, 4.69) is 10.3 Å². The van der Waals surface area contributed by atoms with Gasteiger partial charge >= 0.3 is 0 Å². The lowest BCUT2D eigenvalue weighted by Gasteiger charge is -2.21. The van der Waals surface area contributed by atoms with Gasteiger partial charge in [-0.05, 0) is 20.8 Å². The number of nitrogens with zero attached hydrogens (tertiary/aromatic N) is 2. The van der Waals surface area contributed by atoms with Crippen molar-refractivity contribution in [3.8, 4) is 0 Å². The summed E-state index contributed by atoms with van der Waals surface area (Å²) < 4.78 is 48.1. The van der Waals surface area contributed by atoms with Gasteiger partial charge in [-0.15, -0.1) is 0 Å². The van der Waals surface area contributed by atoms with E-state index in [1.165, 1.54) is 0 Å². The van der Waals surface area contributed by atoms with Gasteiger partial charge in [-0.1, -0.05) is 0 Å². The summed E-state index contributed by atoms with van der Waals surface area (Å²) in [5.41, 5.74) is -0.471. The van der Waals surface area contributed by atoms with Crippen molar-refractivity contribution in [1.82, 2.24) is 9.55 Å². The second kappa shape index (κ2) is 5.91. The van der Waals surface area contributed by atoms with Crippen LogP contribution < -0.4 is 5.32 Å². The average molecular weight is 345 g/mol. The number of nitrogens with one attached hydrogen (secondary N) is 1. The maximum atomic E-state index is 14.3. The van der Waals surface area contributed by atoms with Gasteiger partial charge in [0.1, 0.15) is 17.7 Å². The quantitative estimate of drug-likeness (QED) is 0.741. The molecule has 0 spiro atoms. The summed E-state index contributed by atoms with van der Waals surface area (Å²) >= 11 is 0. The molecule has 132 valence electrons. The van der Waals surface area contributed by atoms with Crippen molar-refractivity contribution in [3.05, 3.63) is 23.5 Å². The molecule has 1 fully saturated rings. The van der Waals surface area contributed by atoms with Crippen LogP contribution in [0.2, 0.25) is 0 Å². The zero-order valence-corrected chi connectivity index (χ0v) is 13.3. The maximum absolute atomic E-state index is 14.3. The monoisotopic (exact) mass is 345 g/mol. The van der Waals surface area contributed by atoms with Crippen LogP contribution in [0.3, 0.4) is 0 Å². The molecule has 9 heteroatoms. The van der Waals surface area contributed by atoms with Crippen LogP contribution in [0.4, 0.5) is 19.1 Å². The predicted molar refractivity (Wildman–Crippen MR) is 80.0 cm³/mol. The Morgan fingerprint density at radius 1 is 1.21 bits per heavy atom. The molecule has 1 aliphatic rings. The number of anilines is 1. The molecule has 1 aromatic heterocycles. The van der Waals surface area contributed by atoms with Crippen LogP contribution in [0.25, 0.3) is 11.0 Å². The number of imidazole rings is 1. The number of aliphatic hydroxyl groups is 2. The Balaban J connectivity index is 2.25. The van der Waals surface area contributed by atoms with Crippen LogP contribution in [0.5, 0.6) is 0 Å². The average Bonchev–Trinajstić information content (AvgIpc) is 2.96. The fraction of sp³-hybridized carbons (Fsp3) is 0.533. The highest BCUT2D eigenvalue weighted by molar-refractivity contribution is 5.80. The van der Waals surface area contributed by atoms with Crippen molar-refractivity contribution in [1.29, 1.82) is 0 Å². The van der Waals surface area contributed by atoms with Crippen molar-refractivity contribution in [2.24, 2.45) is 0 Å². The molecule has 2 aromatic rings. The Hall–Kier alpha value is -1.84. The number of benzene rings is 1. The number of rotatable bonds is 3. The lowest BCUT2D eigenvalue weighted by atomic mass is 10.1. The minimum absolute atomic E-state index is 0.0780. The van der Waals surface area contributed by atoms with Crippen molar-refractivity contribution >= 4 is 17.0 Å². The standard InChI is InChI=1S/C15H18F3N3O3/c1-5(2)19-15-20-8-4-7(16)9(17)10(18)11(8)21(15)14-13(23)12(22)6(3)24-14/h4-6,12-14,22-23H,1-3H3,(H,19,20)/t6-,12-,13-,14-/m1/s1. The SMILES string of the molecule is CC(C)Nc1nc2cc(F)c(F)c(F)c2n1[C@@H]1O[C@H](C)[C@@H](O)[C@H]1O. The van der Waals surface area contributed by atoms with Gasteiger partial charge in [-0.25, -0.2) is 18.2 Å². The topological polar surface area (TPSA) is 79.5 Å². The molecule has 0 aliphatic carbocycles. The van der Waals surface area contributed by atoms with E-state index in [0.29, 0.717) is 0 Å². The zero-order valence-electron chi connectivity index (χ0n) is 13.3. The van der Waals surface area contributed by atoms with E-state index in [-0.39, 0.29) is 23.0 Å². The van der Waals surface area contributed by atoms with Gasteiger partial charge in [0.15, 0.2) is 23.7 Å². The summed E-state index contributed by atoms with van der Waals surface area (Å²) in [6.07, 6.45) is -4.49. The van der Waals surface area contributed by atoms with Crippen LogP contribution in [0.15, 0.2) is 6.07 Å². The van der Waals surface area contributed by atoms with Crippen LogP contribution in [-0.4, -0.2) is 44.1 Å². The number of aliphatic hydroxyl groups excluding tert-OH is 2. The normalized spacial score (nSPS) is 27.4. The number of hydrogen-bond acceptors (Lipinski definition) is 5. The van der Waals surface area contributed by atoms with Crippen LogP contribution in [-0.2, 0) is 4.74 Å². The Morgan fingerprint density at radius 3 is 2.42 bits per heavy atom. The third-order valence-electron chi connectivity index (χ3n) is 3.96. The number of halogens is 3. The molecule has 2 heterocycles. The number of fused-ring (bicyclic) bond motifs is 1. The summed E-state index contributed by atoms with van der Waals surface area (Å²) in [6, 6.07) is 0.649. The van der Waals surface area contributed by atoms with E-state index in [1.54, 1.807) is 20.8 Å². The molecule has 3 N–H and O–H groups in total. The molecule has 0 bridgehead atoms. The van der Waals surface area contributed by atoms with Crippen molar-refractivity contribution in [3.63, 3.8) is 0 Å². The largest absolute Gasteiger partial charge is 0.388 e. The molecule has 0 amide bonds. The highest BCUT2D eigenvalue weighted by Crippen LogP contribution is 2.36. The summed E-state index contributed by atoms with van der Waals surface area (Å²) in [5.74, 6) is -4.35. The van der Waals surface area contributed by atoms with Crippen molar-refractivity contribution in [2.75, 3.05) is 5.32 Å². The Bertz CT molecular complexity index is 780. The molecule has 1 saturated heterocycles. The lowest BCUT2D eigenvalue weighted by Crippen LogP contribution is -2.31. The molecule has 24 heavy (non-hydrogen) atoms. The fourth-order valence-corrected chi connectivity index (χ4v) is 2.81. The highest BCUT2D eigenvalue weighted by atomic mass is 19.2. The number of hydrogen-bond donors (Lipinski definition) is 3. The first-order valence-corrected chi connectivity index (χ1v) is 7.56. The van der Waals surface area contributed by atoms with E-state index >= 15 is 0 Å². The third kappa shape index (κ3) is 2.52. The number of aromatic nitrogens is 2. The first kappa shape index (κ1) is 17.0. The van der Waals surface area contributed by atoms with Crippen LogP contribution in [0.1, 0.15) is 27.0 Å². The molecule has 0 radical (unpaired) electrons. The summed E-state index contributed by atoms with van der Waals surface area (Å²) in [5, 5.41) is 23.0. The van der Waals surface area contributed by atoms with Gasteiger partial charge in [0, 0.05) is 12.1 Å². The molecule has 1 aliphatic heterocycles. The summed E-state index contributed by atoms with van der Waals surface area (Å²) in [4.78, 5) is 4.08. The van der Waals surface area contributed by atoms with Crippen LogP contribution in [0, 0.1) is 17.5 Å². The number of ether oxygens (including phenoxy) is 1. The first-order valence-electron chi connectivity index (χ1n) is 7.56. The minimum atomic E-state index is -1.64. The molecule has 6 nitrogen and oxygen atoms in total. The smallest absolute Gasteiger partial charge is 0.206 e. The van der Waals surface area contributed by atoms with Gasteiger partial charge in [-0.3, -0.25) is 4.57 Å². The van der Waals surface area contributed by atoms with E-state index < -0.39 is 42.0 Å². The first-order chi connectivity index (χ1) is 11.2. The fourth-order valence-electron chi connectivity index (χ4n) is 2.81. The van der Waals surface area contributed by atoms with Gasteiger partial charge < -0.3 is 20.3 Å². The summed E-state index contributed by atoms with van der Waals surface area (Å²) in [6.45, 7) is 5.13. The van der Waals surface area contributed by atoms with E-state index in [4.69, 9.17) is 4.74 Å².